The first kappa shape index (κ1) is 11.4. The summed E-state index contributed by atoms with van der Waals surface area (Å²) < 4.78 is 73.4. The lowest BCUT2D eigenvalue weighted by Gasteiger charge is -2.24. The minimum atomic E-state index is -5.24. The highest BCUT2D eigenvalue weighted by atomic mass is 19.4. The van der Waals surface area contributed by atoms with Gasteiger partial charge in [0.15, 0.2) is 5.41 Å². The van der Waals surface area contributed by atoms with E-state index in [0.29, 0.717) is 0 Å². The predicted octanol–water partition coefficient (Wildman–Crippen LogP) is 3.69. The molecule has 1 fully saturated rings. The zero-order valence-electron chi connectivity index (χ0n) is 7.26. The summed E-state index contributed by atoms with van der Waals surface area (Å²) in [5.74, 6) is -1.51. The van der Waals surface area contributed by atoms with Crippen LogP contribution in [0.25, 0.3) is 0 Å². The predicted molar refractivity (Wildman–Crippen MR) is 37.5 cm³/mol. The van der Waals surface area contributed by atoms with Crippen molar-refractivity contribution in [2.45, 2.75) is 25.7 Å². The van der Waals surface area contributed by atoms with Gasteiger partial charge in [-0.05, 0) is 13.3 Å². The van der Waals surface area contributed by atoms with Crippen LogP contribution in [-0.2, 0) is 0 Å². The van der Waals surface area contributed by atoms with Crippen LogP contribution in [0.5, 0.6) is 0 Å². The first-order valence-corrected chi connectivity index (χ1v) is 3.83. The normalized spacial score (nSPS) is 26.1. The summed E-state index contributed by atoms with van der Waals surface area (Å²) in [6, 6.07) is 0. The summed E-state index contributed by atoms with van der Waals surface area (Å²) in [6.07, 6.45) is -11.4. The molecule has 82 valence electrons. The fourth-order valence-electron chi connectivity index (χ4n) is 1.65. The summed E-state index contributed by atoms with van der Waals surface area (Å²) in [5.41, 5.74) is -3.61. The van der Waals surface area contributed by atoms with Crippen molar-refractivity contribution in [2.24, 2.45) is 11.3 Å². The first-order chi connectivity index (χ1) is 6.04. The van der Waals surface area contributed by atoms with Crippen molar-refractivity contribution in [3.05, 3.63) is 12.2 Å². The first-order valence-electron chi connectivity index (χ1n) is 3.83. The molecule has 0 amide bonds. The van der Waals surface area contributed by atoms with E-state index in [0.717, 1.165) is 0 Å². The Bertz CT molecular complexity index is 244. The summed E-state index contributed by atoms with van der Waals surface area (Å²) in [7, 11) is 0. The van der Waals surface area contributed by atoms with Crippen LogP contribution in [0.1, 0.15) is 13.3 Å². The van der Waals surface area contributed by atoms with Gasteiger partial charge < -0.3 is 0 Å². The average molecular weight is 218 g/mol. The number of halogens is 6. The summed E-state index contributed by atoms with van der Waals surface area (Å²) in [4.78, 5) is 0. The third-order valence-corrected chi connectivity index (χ3v) is 2.57. The SMILES string of the molecule is C=C(C)C1CC1(C(F)(F)F)C(F)(F)F. The Morgan fingerprint density at radius 3 is 1.57 bits per heavy atom. The van der Waals surface area contributed by atoms with E-state index in [4.69, 9.17) is 0 Å². The number of rotatable bonds is 1. The van der Waals surface area contributed by atoms with Gasteiger partial charge in [0.1, 0.15) is 0 Å². The van der Waals surface area contributed by atoms with Gasteiger partial charge in [-0.15, -0.1) is 0 Å². The van der Waals surface area contributed by atoms with E-state index in [1.807, 2.05) is 0 Å². The Hall–Kier alpha value is -0.680. The van der Waals surface area contributed by atoms with E-state index in [1.165, 1.54) is 6.92 Å². The summed E-state index contributed by atoms with van der Waals surface area (Å²) >= 11 is 0. The molecule has 0 aromatic heterocycles. The van der Waals surface area contributed by atoms with Crippen LogP contribution in [0.2, 0.25) is 0 Å². The molecule has 0 aromatic rings. The topological polar surface area (TPSA) is 0 Å². The fourth-order valence-corrected chi connectivity index (χ4v) is 1.65. The Labute approximate surface area is 76.6 Å². The molecule has 0 N–H and O–H groups in total. The molecule has 1 saturated carbocycles. The molecule has 0 radical (unpaired) electrons. The van der Waals surface area contributed by atoms with Crippen molar-refractivity contribution in [1.29, 1.82) is 0 Å². The summed E-state index contributed by atoms with van der Waals surface area (Å²) in [5, 5.41) is 0. The van der Waals surface area contributed by atoms with Crippen molar-refractivity contribution in [3.63, 3.8) is 0 Å². The zero-order chi connectivity index (χ0) is 11.4. The van der Waals surface area contributed by atoms with Crippen LogP contribution in [0, 0.1) is 11.3 Å². The molecule has 14 heavy (non-hydrogen) atoms. The second kappa shape index (κ2) is 2.67. The second-order valence-corrected chi connectivity index (χ2v) is 3.57. The molecule has 0 aliphatic heterocycles. The minimum Gasteiger partial charge on any atom is -0.170 e. The lowest BCUT2D eigenvalue weighted by Crippen LogP contribution is -2.40. The fraction of sp³-hybridized carbons (Fsp3) is 0.750. The standard InChI is InChI=1S/C8H8F6/c1-4(2)5-3-6(5,7(9,10)11)8(12,13)14/h5H,1,3H2,2H3. The van der Waals surface area contributed by atoms with Gasteiger partial charge in [0.05, 0.1) is 0 Å². The molecule has 1 rings (SSSR count). The van der Waals surface area contributed by atoms with Crippen molar-refractivity contribution in [2.75, 3.05) is 0 Å². The molecular formula is C8H8F6. The van der Waals surface area contributed by atoms with E-state index in [2.05, 4.69) is 6.58 Å². The van der Waals surface area contributed by atoms with Crippen LogP contribution in [0.3, 0.4) is 0 Å². The maximum absolute atomic E-state index is 12.2. The number of alkyl halides is 6. The van der Waals surface area contributed by atoms with E-state index in [-0.39, 0.29) is 5.57 Å². The average Bonchev–Trinajstić information content (AvgIpc) is 2.54. The van der Waals surface area contributed by atoms with Crippen LogP contribution in [0.4, 0.5) is 26.3 Å². The lowest BCUT2D eigenvalue weighted by atomic mass is 9.99. The Morgan fingerprint density at radius 2 is 1.50 bits per heavy atom. The van der Waals surface area contributed by atoms with E-state index >= 15 is 0 Å². The van der Waals surface area contributed by atoms with Crippen LogP contribution >= 0.6 is 0 Å². The van der Waals surface area contributed by atoms with Gasteiger partial charge in [-0.25, -0.2) is 0 Å². The molecule has 1 aliphatic carbocycles. The van der Waals surface area contributed by atoms with Crippen LogP contribution < -0.4 is 0 Å². The van der Waals surface area contributed by atoms with Crippen molar-refractivity contribution in [3.8, 4) is 0 Å². The third-order valence-electron chi connectivity index (χ3n) is 2.57. The molecule has 0 aromatic carbocycles. The van der Waals surface area contributed by atoms with Gasteiger partial charge >= 0.3 is 12.4 Å². The zero-order valence-corrected chi connectivity index (χ0v) is 7.26. The van der Waals surface area contributed by atoms with Gasteiger partial charge in [0.2, 0.25) is 0 Å². The third kappa shape index (κ3) is 1.31. The number of allylic oxidation sites excluding steroid dienone is 1. The molecule has 0 nitrogen and oxygen atoms in total. The molecular weight excluding hydrogens is 210 g/mol. The molecule has 6 heteroatoms. The maximum atomic E-state index is 12.2. The molecule has 1 aliphatic rings. The highest BCUT2D eigenvalue weighted by Crippen LogP contribution is 2.71. The summed E-state index contributed by atoms with van der Waals surface area (Å²) in [6.45, 7) is 4.32. The molecule has 0 spiro atoms. The van der Waals surface area contributed by atoms with Gasteiger partial charge in [0, 0.05) is 5.92 Å². The highest BCUT2D eigenvalue weighted by Gasteiger charge is 2.83. The molecule has 1 unspecified atom stereocenters. The van der Waals surface area contributed by atoms with Crippen molar-refractivity contribution < 1.29 is 26.3 Å². The minimum absolute atomic E-state index is 0.0698. The van der Waals surface area contributed by atoms with E-state index in [1.54, 1.807) is 0 Å². The van der Waals surface area contributed by atoms with E-state index in [9.17, 15) is 26.3 Å². The van der Waals surface area contributed by atoms with Crippen LogP contribution in [-0.4, -0.2) is 12.4 Å². The van der Waals surface area contributed by atoms with Gasteiger partial charge in [-0.1, -0.05) is 12.2 Å². The van der Waals surface area contributed by atoms with E-state index < -0.39 is 30.1 Å². The lowest BCUT2D eigenvalue weighted by molar-refractivity contribution is -0.304. The van der Waals surface area contributed by atoms with Crippen LogP contribution in [0.15, 0.2) is 12.2 Å². The second-order valence-electron chi connectivity index (χ2n) is 3.57. The maximum Gasteiger partial charge on any atom is 0.403 e. The largest absolute Gasteiger partial charge is 0.403 e. The molecule has 0 bridgehead atoms. The number of hydrogen-bond donors (Lipinski definition) is 0. The smallest absolute Gasteiger partial charge is 0.170 e. The van der Waals surface area contributed by atoms with Gasteiger partial charge in [0.25, 0.3) is 0 Å². The van der Waals surface area contributed by atoms with Crippen molar-refractivity contribution >= 4 is 0 Å². The monoisotopic (exact) mass is 218 g/mol. The highest BCUT2D eigenvalue weighted by molar-refractivity contribution is 5.22. The quantitative estimate of drug-likeness (QED) is 0.465. The Morgan fingerprint density at radius 1 is 1.14 bits per heavy atom. The number of hydrogen-bond acceptors (Lipinski definition) is 0. The van der Waals surface area contributed by atoms with Crippen molar-refractivity contribution in [1.82, 2.24) is 0 Å². The Balaban J connectivity index is 3.05. The van der Waals surface area contributed by atoms with Gasteiger partial charge in [-0.3, -0.25) is 0 Å². The molecule has 0 saturated heterocycles. The molecule has 1 atom stereocenters. The van der Waals surface area contributed by atoms with Gasteiger partial charge in [-0.2, -0.15) is 26.3 Å². The molecule has 0 heterocycles. The Kier molecular flexibility index (Phi) is 2.17.